The lowest BCUT2D eigenvalue weighted by molar-refractivity contribution is 0.102. The summed E-state index contributed by atoms with van der Waals surface area (Å²) in [6.07, 6.45) is 0. The summed E-state index contributed by atoms with van der Waals surface area (Å²) in [6.45, 7) is 2.69. The Morgan fingerprint density at radius 2 is 1.66 bits per heavy atom. The molecular formula is C23H22INO4. The van der Waals surface area contributed by atoms with Crippen LogP contribution in [0.1, 0.15) is 22.8 Å². The number of ether oxygens (including phenoxy) is 3. The number of hydrogen-bond acceptors (Lipinski definition) is 4. The van der Waals surface area contributed by atoms with E-state index < -0.39 is 0 Å². The molecule has 1 N–H and O–H groups in total. The fraction of sp³-hybridized carbons (Fsp3) is 0.174. The summed E-state index contributed by atoms with van der Waals surface area (Å²) in [5, 5.41) is 2.91. The summed E-state index contributed by atoms with van der Waals surface area (Å²) in [7, 11) is 1.60. The summed E-state index contributed by atoms with van der Waals surface area (Å²) in [4.78, 5) is 12.7. The van der Waals surface area contributed by atoms with Crippen molar-refractivity contribution in [2.24, 2.45) is 0 Å². The van der Waals surface area contributed by atoms with Gasteiger partial charge in [0.1, 0.15) is 12.4 Å². The van der Waals surface area contributed by atoms with E-state index in [0.29, 0.717) is 29.4 Å². The van der Waals surface area contributed by atoms with Gasteiger partial charge in [0, 0.05) is 20.4 Å². The fourth-order valence-electron chi connectivity index (χ4n) is 2.76. The van der Waals surface area contributed by atoms with Crippen molar-refractivity contribution in [3.63, 3.8) is 0 Å². The molecule has 150 valence electrons. The lowest BCUT2D eigenvalue weighted by atomic mass is 10.1. The van der Waals surface area contributed by atoms with Crippen LogP contribution in [0.25, 0.3) is 0 Å². The van der Waals surface area contributed by atoms with Crippen molar-refractivity contribution >= 4 is 34.2 Å². The molecule has 0 saturated carbocycles. The maximum atomic E-state index is 12.7. The summed E-state index contributed by atoms with van der Waals surface area (Å²) < 4.78 is 18.1. The molecule has 1 amide bonds. The molecule has 0 atom stereocenters. The van der Waals surface area contributed by atoms with Crippen LogP contribution < -0.4 is 19.5 Å². The third kappa shape index (κ3) is 5.63. The van der Waals surface area contributed by atoms with Crippen LogP contribution in [0.2, 0.25) is 0 Å². The number of benzene rings is 3. The molecule has 29 heavy (non-hydrogen) atoms. The van der Waals surface area contributed by atoms with Crippen molar-refractivity contribution in [3.8, 4) is 17.2 Å². The second kappa shape index (κ2) is 10.2. The third-order valence-electron chi connectivity index (χ3n) is 4.18. The fourth-order valence-corrected chi connectivity index (χ4v) is 3.12. The molecule has 0 bridgehead atoms. The Bertz CT molecular complexity index is 973. The predicted octanol–water partition coefficient (Wildman–Crippen LogP) is 5.53. The van der Waals surface area contributed by atoms with Crippen LogP contribution >= 0.6 is 22.6 Å². The molecule has 0 aliphatic heterocycles. The highest BCUT2D eigenvalue weighted by Crippen LogP contribution is 2.29. The zero-order valence-corrected chi connectivity index (χ0v) is 18.4. The minimum atomic E-state index is -0.187. The molecule has 3 aromatic rings. The van der Waals surface area contributed by atoms with Gasteiger partial charge in [-0.1, -0.05) is 12.1 Å². The minimum Gasteiger partial charge on any atom is -0.493 e. The highest BCUT2D eigenvalue weighted by Gasteiger charge is 2.13. The Hall–Kier alpha value is -2.74. The average Bonchev–Trinajstić information content (AvgIpc) is 2.75. The Balaban J connectivity index is 1.79. The zero-order chi connectivity index (χ0) is 20.6. The number of methoxy groups -OCH3 is 1. The van der Waals surface area contributed by atoms with Crippen molar-refractivity contribution in [2.45, 2.75) is 13.5 Å². The zero-order valence-electron chi connectivity index (χ0n) is 16.3. The quantitative estimate of drug-likeness (QED) is 0.411. The van der Waals surface area contributed by atoms with Crippen LogP contribution in [0.4, 0.5) is 5.69 Å². The van der Waals surface area contributed by atoms with Gasteiger partial charge in [0.15, 0.2) is 11.5 Å². The molecule has 0 spiro atoms. The third-order valence-corrected chi connectivity index (χ3v) is 4.90. The van der Waals surface area contributed by atoms with Crippen molar-refractivity contribution in [1.29, 1.82) is 0 Å². The van der Waals surface area contributed by atoms with Gasteiger partial charge in [-0.3, -0.25) is 4.79 Å². The summed E-state index contributed by atoms with van der Waals surface area (Å²) in [6, 6.07) is 20.4. The molecule has 5 nitrogen and oxygen atoms in total. The summed E-state index contributed by atoms with van der Waals surface area (Å²) in [5.74, 6) is 1.78. The minimum absolute atomic E-state index is 0.187. The van der Waals surface area contributed by atoms with Gasteiger partial charge < -0.3 is 19.5 Å². The Labute approximate surface area is 184 Å². The van der Waals surface area contributed by atoms with E-state index in [4.69, 9.17) is 14.2 Å². The lowest BCUT2D eigenvalue weighted by Gasteiger charge is -2.15. The highest BCUT2D eigenvalue weighted by atomic mass is 127. The van der Waals surface area contributed by atoms with Crippen LogP contribution in [-0.2, 0) is 6.61 Å². The van der Waals surface area contributed by atoms with Gasteiger partial charge in [-0.05, 0) is 84.1 Å². The summed E-state index contributed by atoms with van der Waals surface area (Å²) in [5.41, 5.74) is 2.06. The summed E-state index contributed by atoms with van der Waals surface area (Å²) >= 11 is 2.23. The van der Waals surface area contributed by atoms with Gasteiger partial charge in [0.25, 0.3) is 5.91 Å². The maximum Gasteiger partial charge on any atom is 0.255 e. The molecule has 6 heteroatoms. The van der Waals surface area contributed by atoms with E-state index in [1.807, 2.05) is 55.5 Å². The van der Waals surface area contributed by atoms with E-state index in [1.54, 1.807) is 25.3 Å². The average molecular weight is 503 g/mol. The second-order valence-electron chi connectivity index (χ2n) is 6.16. The van der Waals surface area contributed by atoms with Gasteiger partial charge in [-0.15, -0.1) is 0 Å². The first-order valence-corrected chi connectivity index (χ1v) is 10.3. The molecule has 0 fully saturated rings. The van der Waals surface area contributed by atoms with E-state index in [0.717, 1.165) is 14.8 Å². The number of nitrogens with one attached hydrogen (secondary N) is 1. The van der Waals surface area contributed by atoms with Crippen LogP contribution in [0.15, 0.2) is 66.7 Å². The number of rotatable bonds is 8. The monoisotopic (exact) mass is 503 g/mol. The van der Waals surface area contributed by atoms with Crippen molar-refractivity contribution in [2.75, 3.05) is 19.0 Å². The normalized spacial score (nSPS) is 10.3. The molecule has 0 radical (unpaired) electrons. The van der Waals surface area contributed by atoms with E-state index in [1.165, 1.54) is 0 Å². The molecule has 0 aromatic heterocycles. The smallest absolute Gasteiger partial charge is 0.255 e. The Kier molecular flexibility index (Phi) is 7.35. The first kappa shape index (κ1) is 21.0. The topological polar surface area (TPSA) is 56.8 Å². The van der Waals surface area contributed by atoms with E-state index in [9.17, 15) is 4.79 Å². The SMILES string of the molecule is CCOc1ccc(C(=O)Nc2ccc(I)cc2)cc1COc1ccccc1OC. The molecule has 0 aliphatic carbocycles. The van der Waals surface area contributed by atoms with Crippen LogP contribution in [0, 0.1) is 3.57 Å². The van der Waals surface area contributed by atoms with Crippen LogP contribution in [0.3, 0.4) is 0 Å². The number of carbonyl (C=O) groups excluding carboxylic acids is 1. The van der Waals surface area contributed by atoms with Crippen molar-refractivity contribution in [1.82, 2.24) is 0 Å². The first-order valence-electron chi connectivity index (χ1n) is 9.19. The molecule has 0 heterocycles. The van der Waals surface area contributed by atoms with Crippen molar-refractivity contribution in [3.05, 3.63) is 81.4 Å². The van der Waals surface area contributed by atoms with Gasteiger partial charge >= 0.3 is 0 Å². The maximum absolute atomic E-state index is 12.7. The van der Waals surface area contributed by atoms with E-state index >= 15 is 0 Å². The van der Waals surface area contributed by atoms with Gasteiger partial charge in [0.05, 0.1) is 13.7 Å². The van der Waals surface area contributed by atoms with E-state index in [-0.39, 0.29) is 12.5 Å². The predicted molar refractivity (Wildman–Crippen MR) is 122 cm³/mol. The number of hydrogen-bond donors (Lipinski definition) is 1. The number of amides is 1. The molecule has 3 aromatic carbocycles. The number of anilines is 1. The Morgan fingerprint density at radius 1 is 0.931 bits per heavy atom. The van der Waals surface area contributed by atoms with Crippen LogP contribution in [0.5, 0.6) is 17.2 Å². The number of halogens is 1. The molecule has 3 rings (SSSR count). The van der Waals surface area contributed by atoms with Crippen LogP contribution in [-0.4, -0.2) is 19.6 Å². The first-order chi connectivity index (χ1) is 14.1. The molecule has 0 saturated heterocycles. The van der Waals surface area contributed by atoms with Gasteiger partial charge in [0.2, 0.25) is 0 Å². The van der Waals surface area contributed by atoms with Gasteiger partial charge in [-0.2, -0.15) is 0 Å². The Morgan fingerprint density at radius 3 is 2.34 bits per heavy atom. The largest absolute Gasteiger partial charge is 0.493 e. The van der Waals surface area contributed by atoms with E-state index in [2.05, 4.69) is 27.9 Å². The second-order valence-corrected chi connectivity index (χ2v) is 7.40. The van der Waals surface area contributed by atoms with Crippen molar-refractivity contribution < 1.29 is 19.0 Å². The molecule has 0 aliphatic rings. The number of carbonyl (C=O) groups is 1. The lowest BCUT2D eigenvalue weighted by Crippen LogP contribution is -2.13. The number of para-hydroxylation sites is 2. The van der Waals surface area contributed by atoms with Gasteiger partial charge in [-0.25, -0.2) is 0 Å². The molecular weight excluding hydrogens is 481 g/mol. The molecule has 0 unspecified atom stereocenters. The highest BCUT2D eigenvalue weighted by molar-refractivity contribution is 14.1. The standard InChI is InChI=1S/C23H22INO4/c1-3-28-20-13-8-16(23(26)25-19-11-9-18(24)10-12-19)14-17(20)15-29-22-7-5-4-6-21(22)27-2/h4-14H,3,15H2,1-2H3,(H,25,26).